The van der Waals surface area contributed by atoms with Crippen molar-refractivity contribution in [2.75, 3.05) is 0 Å². The second kappa shape index (κ2) is 6.43. The van der Waals surface area contributed by atoms with Crippen LogP contribution >= 0.6 is 0 Å². The number of nitrogens with zero attached hydrogens (tertiary/aromatic N) is 1. The molecule has 2 unspecified atom stereocenters. The van der Waals surface area contributed by atoms with E-state index in [9.17, 15) is 4.79 Å². The van der Waals surface area contributed by atoms with Gasteiger partial charge in [0.15, 0.2) is 0 Å². The fourth-order valence-corrected chi connectivity index (χ4v) is 2.83. The summed E-state index contributed by atoms with van der Waals surface area (Å²) in [4.78, 5) is 23.0. The second-order valence-corrected chi connectivity index (χ2v) is 6.52. The quantitative estimate of drug-likeness (QED) is 0.710. The maximum Gasteiger partial charge on any atom is 0.410 e. The zero-order chi connectivity index (χ0) is 15.5. The van der Waals surface area contributed by atoms with Gasteiger partial charge in [0.05, 0.1) is 0 Å². The molecule has 6 nitrogen and oxygen atoms in total. The van der Waals surface area contributed by atoms with E-state index < -0.39 is 11.6 Å². The van der Waals surface area contributed by atoms with Crippen LogP contribution in [0.2, 0.25) is 0 Å². The standard InChI is InChI=1S/C12H22N2O2.C2H4O2/c1-12(2,3)16-11(15)14-9-4-5-10(14)7-8(13)6-9;1-2(3)4/h8-10H,4-7,13H2,1-3H3;1H3,(H,3,4). The van der Waals surface area contributed by atoms with E-state index in [0.717, 1.165) is 32.6 Å². The largest absolute Gasteiger partial charge is 0.481 e. The Hall–Kier alpha value is -1.30. The third-order valence-electron chi connectivity index (χ3n) is 3.37. The lowest BCUT2D eigenvalue weighted by Crippen LogP contribution is -2.51. The van der Waals surface area contributed by atoms with Crippen LogP contribution in [0.1, 0.15) is 53.4 Å². The van der Waals surface area contributed by atoms with Gasteiger partial charge >= 0.3 is 6.09 Å². The van der Waals surface area contributed by atoms with Crippen LogP contribution in [0.15, 0.2) is 0 Å². The maximum absolute atomic E-state index is 12.0. The van der Waals surface area contributed by atoms with Crippen LogP contribution in [0.25, 0.3) is 0 Å². The summed E-state index contributed by atoms with van der Waals surface area (Å²) >= 11 is 0. The van der Waals surface area contributed by atoms with Gasteiger partial charge in [0.2, 0.25) is 0 Å². The number of hydrogen-bond donors (Lipinski definition) is 2. The van der Waals surface area contributed by atoms with Crippen LogP contribution in [0, 0.1) is 0 Å². The minimum absolute atomic E-state index is 0.160. The first-order valence-corrected chi connectivity index (χ1v) is 7.06. The van der Waals surface area contributed by atoms with Gasteiger partial charge in [0.25, 0.3) is 5.97 Å². The minimum Gasteiger partial charge on any atom is -0.481 e. The first kappa shape index (κ1) is 16.8. The van der Waals surface area contributed by atoms with Crippen molar-refractivity contribution in [3.63, 3.8) is 0 Å². The van der Waals surface area contributed by atoms with Crippen LogP contribution in [-0.4, -0.2) is 45.8 Å². The van der Waals surface area contributed by atoms with Gasteiger partial charge in [-0.1, -0.05) is 0 Å². The summed E-state index contributed by atoms with van der Waals surface area (Å²) in [5, 5.41) is 7.42. The Morgan fingerprint density at radius 1 is 1.20 bits per heavy atom. The number of rotatable bonds is 0. The molecule has 2 saturated heterocycles. The highest BCUT2D eigenvalue weighted by Crippen LogP contribution is 2.36. The molecule has 20 heavy (non-hydrogen) atoms. The van der Waals surface area contributed by atoms with Crippen molar-refractivity contribution in [2.45, 2.75) is 77.1 Å². The Balaban J connectivity index is 0.000000444. The molecular weight excluding hydrogens is 260 g/mol. The summed E-state index contributed by atoms with van der Waals surface area (Å²) in [6.45, 7) is 6.80. The summed E-state index contributed by atoms with van der Waals surface area (Å²) < 4.78 is 5.44. The molecule has 3 N–H and O–H groups in total. The number of amides is 1. The second-order valence-electron chi connectivity index (χ2n) is 6.52. The Morgan fingerprint density at radius 2 is 1.60 bits per heavy atom. The van der Waals surface area contributed by atoms with Gasteiger partial charge in [0, 0.05) is 25.0 Å². The lowest BCUT2D eigenvalue weighted by molar-refractivity contribution is -0.134. The number of carboxylic acids is 1. The fraction of sp³-hybridized carbons (Fsp3) is 0.857. The Bertz CT molecular complexity index is 347. The minimum atomic E-state index is -0.833. The molecule has 0 aromatic rings. The first-order valence-electron chi connectivity index (χ1n) is 7.06. The Kier molecular flexibility index (Phi) is 5.39. The molecule has 2 bridgehead atoms. The number of piperidine rings is 1. The van der Waals surface area contributed by atoms with Crippen molar-refractivity contribution in [3.8, 4) is 0 Å². The average Bonchev–Trinajstić information content (AvgIpc) is 2.48. The van der Waals surface area contributed by atoms with Gasteiger partial charge in [-0.25, -0.2) is 4.79 Å². The molecule has 0 aliphatic carbocycles. The molecule has 0 aromatic carbocycles. The highest BCUT2D eigenvalue weighted by atomic mass is 16.6. The van der Waals surface area contributed by atoms with Crippen molar-refractivity contribution in [3.05, 3.63) is 0 Å². The predicted molar refractivity (Wildman–Crippen MR) is 75.4 cm³/mol. The van der Waals surface area contributed by atoms with Gasteiger partial charge in [-0.2, -0.15) is 0 Å². The van der Waals surface area contributed by atoms with Gasteiger partial charge in [0.1, 0.15) is 5.60 Å². The fourth-order valence-electron chi connectivity index (χ4n) is 2.83. The number of carbonyl (C=O) groups is 2. The van der Waals surface area contributed by atoms with E-state index in [0.29, 0.717) is 12.1 Å². The molecular formula is C14H26N2O4. The molecule has 2 fully saturated rings. The summed E-state index contributed by atoms with van der Waals surface area (Å²) in [7, 11) is 0. The number of carboxylic acid groups (broad SMARTS) is 1. The van der Waals surface area contributed by atoms with Gasteiger partial charge in [-0.15, -0.1) is 0 Å². The highest BCUT2D eigenvalue weighted by molar-refractivity contribution is 5.69. The van der Waals surface area contributed by atoms with Crippen molar-refractivity contribution in [1.82, 2.24) is 4.90 Å². The van der Waals surface area contributed by atoms with Gasteiger partial charge in [-0.05, 0) is 46.5 Å². The Morgan fingerprint density at radius 3 is 1.95 bits per heavy atom. The summed E-state index contributed by atoms with van der Waals surface area (Å²) in [6.07, 6.45) is 3.85. The number of ether oxygens (including phenoxy) is 1. The van der Waals surface area contributed by atoms with Crippen molar-refractivity contribution < 1.29 is 19.4 Å². The predicted octanol–water partition coefficient (Wildman–Crippen LogP) is 1.97. The molecule has 2 aliphatic heterocycles. The number of carbonyl (C=O) groups excluding carboxylic acids is 1. The summed E-state index contributed by atoms with van der Waals surface area (Å²) in [5.41, 5.74) is 5.56. The molecule has 2 rings (SSSR count). The van der Waals surface area contributed by atoms with E-state index in [1.54, 1.807) is 0 Å². The van der Waals surface area contributed by atoms with Crippen LogP contribution in [-0.2, 0) is 9.53 Å². The molecule has 0 spiro atoms. The smallest absolute Gasteiger partial charge is 0.410 e. The monoisotopic (exact) mass is 286 g/mol. The van der Waals surface area contributed by atoms with E-state index in [-0.39, 0.29) is 12.1 Å². The summed E-state index contributed by atoms with van der Waals surface area (Å²) in [6, 6.07) is 0.878. The van der Waals surface area contributed by atoms with E-state index in [2.05, 4.69) is 0 Å². The zero-order valence-corrected chi connectivity index (χ0v) is 12.8. The number of hydrogen-bond acceptors (Lipinski definition) is 4. The highest BCUT2D eigenvalue weighted by Gasteiger charge is 2.43. The van der Waals surface area contributed by atoms with E-state index in [4.69, 9.17) is 20.4 Å². The molecule has 6 heteroatoms. The van der Waals surface area contributed by atoms with Crippen molar-refractivity contribution in [2.24, 2.45) is 5.73 Å². The molecule has 1 amide bonds. The SMILES string of the molecule is CC(=O)O.CC(C)(C)OC(=O)N1C2CCC1CC(N)C2. The van der Waals surface area contributed by atoms with Crippen LogP contribution in [0.3, 0.4) is 0 Å². The molecule has 2 atom stereocenters. The third kappa shape index (κ3) is 5.00. The van der Waals surface area contributed by atoms with E-state index >= 15 is 0 Å². The van der Waals surface area contributed by atoms with Crippen molar-refractivity contribution >= 4 is 12.1 Å². The lowest BCUT2D eigenvalue weighted by atomic mass is 9.99. The van der Waals surface area contributed by atoms with Gasteiger partial charge in [-0.3, -0.25) is 4.79 Å². The zero-order valence-electron chi connectivity index (χ0n) is 12.8. The summed E-state index contributed by atoms with van der Waals surface area (Å²) in [5.74, 6) is -0.833. The number of aliphatic carboxylic acids is 1. The average molecular weight is 286 g/mol. The molecule has 0 aromatic heterocycles. The maximum atomic E-state index is 12.0. The lowest BCUT2D eigenvalue weighted by Gasteiger charge is -2.38. The molecule has 2 aliphatic rings. The first-order chi connectivity index (χ1) is 9.10. The van der Waals surface area contributed by atoms with Crippen LogP contribution in [0.5, 0.6) is 0 Å². The number of nitrogens with two attached hydrogens (primary N) is 1. The molecule has 2 heterocycles. The topological polar surface area (TPSA) is 92.9 Å². The van der Waals surface area contributed by atoms with Crippen LogP contribution < -0.4 is 5.73 Å². The van der Waals surface area contributed by atoms with E-state index in [1.807, 2.05) is 25.7 Å². The van der Waals surface area contributed by atoms with Crippen molar-refractivity contribution in [1.29, 1.82) is 0 Å². The Labute approximate surface area is 120 Å². The molecule has 116 valence electrons. The molecule has 0 saturated carbocycles. The molecule has 0 radical (unpaired) electrons. The third-order valence-corrected chi connectivity index (χ3v) is 3.37. The van der Waals surface area contributed by atoms with E-state index in [1.165, 1.54) is 0 Å². The normalized spacial score (nSPS) is 28.4. The van der Waals surface area contributed by atoms with Crippen LogP contribution in [0.4, 0.5) is 4.79 Å². The van der Waals surface area contributed by atoms with Gasteiger partial charge < -0.3 is 20.5 Å². The number of fused-ring (bicyclic) bond motifs is 2.